The molecule has 220 valence electrons. The molecule has 4 rings (SSSR count). The van der Waals surface area contributed by atoms with Crippen molar-refractivity contribution in [1.82, 2.24) is 20.1 Å². The van der Waals surface area contributed by atoms with Gasteiger partial charge in [-0.2, -0.15) is 31.4 Å². The SMILES string of the molecule is C[C@@H](COC[C@](C)(O)C(=O)N1CCN2c3ncc(C(F)(F)F)cc3OC[C@H]2C1)Nc1cn[nH]c(=O)c1C(F)(F)F. The number of nitrogens with zero attached hydrogens (tertiary/aromatic N) is 4. The molecule has 3 N–H and O–H groups in total. The summed E-state index contributed by atoms with van der Waals surface area (Å²) in [6.45, 7) is 2.47. The second-order valence-electron chi connectivity index (χ2n) is 9.77. The highest BCUT2D eigenvalue weighted by atomic mass is 19.4. The molecule has 2 aliphatic heterocycles. The Labute approximate surface area is 223 Å². The van der Waals surface area contributed by atoms with Gasteiger partial charge in [-0.3, -0.25) is 9.59 Å². The Hall–Kier alpha value is -3.60. The Kier molecular flexibility index (Phi) is 7.90. The average molecular weight is 580 g/mol. The molecule has 2 aliphatic rings. The second-order valence-corrected chi connectivity index (χ2v) is 9.77. The standard InChI is InChI=1S/C23H26F6N6O5/c1-12(32-15-7-31-33-19(36)17(15)23(27,28)29)9-39-11-21(2,38)20(37)34-3-4-35-14(8-34)10-40-16-5-13(22(24,25)26)6-30-18(16)35/h5-7,12,14,38H,3-4,8-11H2,1-2H3,(H2,32,33,36)/t12-,14+,21-/m0/s1. The highest BCUT2D eigenvalue weighted by molar-refractivity contribution is 5.85. The first-order chi connectivity index (χ1) is 18.6. The van der Waals surface area contributed by atoms with Crippen molar-refractivity contribution in [2.24, 2.45) is 0 Å². The number of halogens is 6. The van der Waals surface area contributed by atoms with Crippen molar-refractivity contribution in [3.63, 3.8) is 0 Å². The van der Waals surface area contributed by atoms with E-state index >= 15 is 0 Å². The number of H-pyrrole nitrogens is 1. The maximum Gasteiger partial charge on any atom is 0.423 e. The minimum Gasteiger partial charge on any atom is -0.487 e. The monoisotopic (exact) mass is 580 g/mol. The van der Waals surface area contributed by atoms with E-state index in [-0.39, 0.29) is 44.4 Å². The van der Waals surface area contributed by atoms with Gasteiger partial charge < -0.3 is 29.7 Å². The molecule has 3 atom stereocenters. The highest BCUT2D eigenvalue weighted by Gasteiger charge is 2.42. The second kappa shape index (κ2) is 10.8. The third-order valence-corrected chi connectivity index (χ3v) is 6.39. The zero-order valence-electron chi connectivity index (χ0n) is 21.3. The van der Waals surface area contributed by atoms with Gasteiger partial charge in [-0.15, -0.1) is 0 Å². The fraction of sp³-hybridized carbons (Fsp3) is 0.565. The van der Waals surface area contributed by atoms with Crippen LogP contribution in [-0.4, -0.2) is 88.2 Å². The molecule has 0 unspecified atom stereocenters. The van der Waals surface area contributed by atoms with E-state index in [9.17, 15) is 41.0 Å². The molecule has 1 fully saturated rings. The number of fused-ring (bicyclic) bond motifs is 3. The van der Waals surface area contributed by atoms with Crippen LogP contribution in [0, 0.1) is 0 Å². The van der Waals surface area contributed by atoms with Crippen LogP contribution in [0.5, 0.6) is 5.75 Å². The molecule has 1 saturated heterocycles. The number of pyridine rings is 1. The van der Waals surface area contributed by atoms with Crippen LogP contribution in [0.1, 0.15) is 25.0 Å². The molecule has 0 bridgehead atoms. The zero-order valence-corrected chi connectivity index (χ0v) is 21.3. The van der Waals surface area contributed by atoms with E-state index in [1.165, 1.54) is 18.7 Å². The Morgan fingerprint density at radius 3 is 2.65 bits per heavy atom. The number of aromatic amines is 1. The van der Waals surface area contributed by atoms with Gasteiger partial charge in [0.25, 0.3) is 11.5 Å². The Morgan fingerprint density at radius 2 is 1.98 bits per heavy atom. The number of rotatable bonds is 7. The number of aromatic nitrogens is 3. The fourth-order valence-electron chi connectivity index (χ4n) is 4.49. The van der Waals surface area contributed by atoms with Gasteiger partial charge in [0, 0.05) is 31.9 Å². The largest absolute Gasteiger partial charge is 0.487 e. The summed E-state index contributed by atoms with van der Waals surface area (Å²) >= 11 is 0. The molecule has 0 saturated carbocycles. The summed E-state index contributed by atoms with van der Waals surface area (Å²) in [5, 5.41) is 18.4. The summed E-state index contributed by atoms with van der Waals surface area (Å²) in [6.07, 6.45) is -7.96. The van der Waals surface area contributed by atoms with Gasteiger partial charge in [-0.1, -0.05) is 0 Å². The third-order valence-electron chi connectivity index (χ3n) is 6.39. The molecule has 4 heterocycles. The smallest absolute Gasteiger partial charge is 0.423 e. The van der Waals surface area contributed by atoms with E-state index in [1.54, 1.807) is 10.00 Å². The number of hydrogen-bond donors (Lipinski definition) is 3. The lowest BCUT2D eigenvalue weighted by molar-refractivity contribution is -0.156. The number of amides is 1. The molecule has 0 aliphatic carbocycles. The van der Waals surface area contributed by atoms with Crippen LogP contribution in [0.15, 0.2) is 23.3 Å². The van der Waals surface area contributed by atoms with Crippen LogP contribution >= 0.6 is 0 Å². The van der Waals surface area contributed by atoms with Crippen molar-refractivity contribution in [2.75, 3.05) is 49.7 Å². The zero-order chi connectivity index (χ0) is 29.5. The lowest BCUT2D eigenvalue weighted by Crippen LogP contribution is -2.62. The van der Waals surface area contributed by atoms with Crippen molar-refractivity contribution >= 4 is 17.4 Å². The molecule has 17 heteroatoms. The van der Waals surface area contributed by atoms with Gasteiger partial charge in [-0.25, -0.2) is 10.1 Å². The van der Waals surface area contributed by atoms with E-state index in [1.807, 2.05) is 0 Å². The van der Waals surface area contributed by atoms with Gasteiger partial charge in [0.1, 0.15) is 12.2 Å². The van der Waals surface area contributed by atoms with Crippen LogP contribution in [-0.2, 0) is 21.9 Å². The molecule has 2 aromatic heterocycles. The van der Waals surface area contributed by atoms with Gasteiger partial charge in [0.15, 0.2) is 17.2 Å². The molecule has 1 amide bonds. The predicted octanol–water partition coefficient (Wildman–Crippen LogP) is 1.88. The number of carbonyl (C=O) groups is 1. The summed E-state index contributed by atoms with van der Waals surface area (Å²) < 4.78 is 89.6. The first-order valence-electron chi connectivity index (χ1n) is 12.1. The molecule has 0 radical (unpaired) electrons. The summed E-state index contributed by atoms with van der Waals surface area (Å²) in [6, 6.07) is -0.297. The van der Waals surface area contributed by atoms with E-state index in [0.717, 1.165) is 18.5 Å². The van der Waals surface area contributed by atoms with Gasteiger partial charge >= 0.3 is 12.4 Å². The lowest BCUT2D eigenvalue weighted by Gasteiger charge is -2.46. The third kappa shape index (κ3) is 6.24. The van der Waals surface area contributed by atoms with Crippen molar-refractivity contribution in [3.05, 3.63) is 39.9 Å². The number of ether oxygens (including phenoxy) is 2. The maximum absolute atomic E-state index is 13.2. The normalized spacial score (nSPS) is 19.7. The molecule has 0 aromatic carbocycles. The highest BCUT2D eigenvalue weighted by Crippen LogP contribution is 2.38. The number of hydrogen-bond acceptors (Lipinski definition) is 9. The van der Waals surface area contributed by atoms with Crippen molar-refractivity contribution in [3.8, 4) is 5.75 Å². The fourth-order valence-corrected chi connectivity index (χ4v) is 4.49. The molecule has 2 aromatic rings. The minimum absolute atomic E-state index is 0.00130. The van der Waals surface area contributed by atoms with Gasteiger partial charge in [0.2, 0.25) is 0 Å². The predicted molar refractivity (Wildman–Crippen MR) is 127 cm³/mol. The Balaban J connectivity index is 1.32. The number of carbonyl (C=O) groups excluding carboxylic acids is 1. The Morgan fingerprint density at radius 1 is 1.25 bits per heavy atom. The van der Waals surface area contributed by atoms with Gasteiger partial charge in [0.05, 0.1) is 36.7 Å². The summed E-state index contributed by atoms with van der Waals surface area (Å²) in [4.78, 5) is 31.7. The quantitative estimate of drug-likeness (QED) is 0.420. The Bertz CT molecular complexity index is 1300. The van der Waals surface area contributed by atoms with Crippen LogP contribution in [0.25, 0.3) is 0 Å². The summed E-state index contributed by atoms with van der Waals surface area (Å²) in [7, 11) is 0. The molecule has 11 nitrogen and oxygen atoms in total. The van der Waals surface area contributed by atoms with Crippen LogP contribution in [0.4, 0.5) is 37.8 Å². The van der Waals surface area contributed by atoms with Crippen molar-refractivity contribution in [2.45, 2.75) is 43.9 Å². The average Bonchev–Trinajstić information content (AvgIpc) is 2.86. The lowest BCUT2D eigenvalue weighted by atomic mass is 10.0. The van der Waals surface area contributed by atoms with Crippen molar-refractivity contribution in [1.29, 1.82) is 0 Å². The number of aliphatic hydroxyl groups is 1. The first kappa shape index (κ1) is 29.4. The van der Waals surface area contributed by atoms with Crippen LogP contribution in [0.2, 0.25) is 0 Å². The maximum atomic E-state index is 13.2. The van der Waals surface area contributed by atoms with Gasteiger partial charge in [-0.05, 0) is 19.9 Å². The summed E-state index contributed by atoms with van der Waals surface area (Å²) in [5.74, 6) is -0.443. The van der Waals surface area contributed by atoms with Crippen LogP contribution in [0.3, 0.4) is 0 Å². The van der Waals surface area contributed by atoms with E-state index in [4.69, 9.17) is 9.47 Å². The number of piperazine rings is 1. The minimum atomic E-state index is -4.92. The number of alkyl halides is 6. The molecule has 40 heavy (non-hydrogen) atoms. The van der Waals surface area contributed by atoms with E-state index in [0.29, 0.717) is 0 Å². The summed E-state index contributed by atoms with van der Waals surface area (Å²) in [5.41, 5.74) is -6.33. The van der Waals surface area contributed by atoms with Crippen molar-refractivity contribution < 1.29 is 45.7 Å². The molecular weight excluding hydrogens is 554 g/mol. The van der Waals surface area contributed by atoms with E-state index in [2.05, 4.69) is 15.4 Å². The van der Waals surface area contributed by atoms with E-state index < -0.39 is 64.9 Å². The molecular formula is C23H26F6N6O5. The number of nitrogens with one attached hydrogen (secondary N) is 2. The van der Waals surface area contributed by atoms with Crippen LogP contribution < -0.4 is 20.5 Å². The first-order valence-corrected chi connectivity index (χ1v) is 12.1. The topological polar surface area (TPSA) is 133 Å². The number of anilines is 2. The molecule has 0 spiro atoms.